The van der Waals surface area contributed by atoms with Crippen molar-refractivity contribution in [2.75, 3.05) is 0 Å². The van der Waals surface area contributed by atoms with Crippen molar-refractivity contribution in [2.24, 2.45) is 5.41 Å². The molecular formula is C29H82Y55-10. The molecule has 0 fully saturated rings. The smallest absolute Gasteiger partial charge is 0 e. The summed E-state index contributed by atoms with van der Waals surface area (Å²) in [5.41, 5.74) is -0.500. The van der Waals surface area contributed by atoms with Gasteiger partial charge in [0, 0.05) is 1800 Å². The Labute approximate surface area is 1930 Å². The van der Waals surface area contributed by atoms with Crippen LogP contribution < -0.4 is 0 Å². The number of hydrogen-bond acceptors (Lipinski definition) is 0. The predicted molar refractivity (Wildman–Crippen MR) is 167 cm³/mol. The van der Waals surface area contributed by atoms with Gasteiger partial charge < -0.3 is 77.7 Å². The third kappa shape index (κ3) is 778. The minimum absolute atomic E-state index is 0. The summed E-state index contributed by atoms with van der Waals surface area (Å²) in [5, 5.41) is 0. The van der Waals surface area contributed by atoms with E-state index in [1.54, 1.807) is 0 Å². The molecule has 0 aliphatic rings. The first-order valence-electron chi connectivity index (χ1n) is 9.41. The van der Waals surface area contributed by atoms with Gasteiger partial charge in [0.2, 0.25) is 0 Å². The van der Waals surface area contributed by atoms with Gasteiger partial charge in [0.25, 0.3) is 0 Å². The van der Waals surface area contributed by atoms with E-state index in [0.29, 0.717) is 0 Å². The van der Waals surface area contributed by atoms with E-state index in [1.807, 2.05) is 111 Å². The van der Waals surface area contributed by atoms with Gasteiger partial charge in [0.05, 0.1) is 0 Å². The molecule has 0 unspecified atom stereocenters. The molecule has 0 amide bonds. The fourth-order valence-electron chi connectivity index (χ4n) is 0. The molecule has 0 bridgehead atoms. The molecule has 0 heterocycles. The van der Waals surface area contributed by atoms with Crippen LogP contribution in [0.5, 0.6) is 0 Å². The van der Waals surface area contributed by atoms with Gasteiger partial charge in [-0.2, -0.15) is 0 Å². The Hall–Kier alpha value is 60.7. The van der Waals surface area contributed by atoms with Gasteiger partial charge in [-0.25, -0.2) is 0 Å². The summed E-state index contributed by atoms with van der Waals surface area (Å²) in [6.07, 6.45) is 0. The van der Waals surface area contributed by atoms with Crippen LogP contribution in [0.3, 0.4) is 0 Å². The molecule has 0 saturated carbocycles. The van der Waals surface area contributed by atoms with Crippen molar-refractivity contribution in [1.29, 1.82) is 0 Å². The van der Waals surface area contributed by atoms with Gasteiger partial charge in [0.15, 0.2) is 0 Å². The van der Waals surface area contributed by atoms with Crippen LogP contribution in [0.4, 0.5) is 0 Å². The molecule has 0 saturated heterocycles. The van der Waals surface area contributed by atoms with Crippen molar-refractivity contribution >= 4 is 0 Å². The first kappa shape index (κ1) is 565. The van der Waals surface area contributed by atoms with E-state index in [-0.39, 0.29) is 1860 Å². The molecule has 84 heavy (non-hydrogen) atoms. The largest absolute Gasteiger partial charge is 0.584 e. The molecule has 55 heteroatoms. The molecule has 0 atom stereocenters. The normalized spacial score (nSPS) is 1.29. The Kier molecular flexibility index (Phi) is 4430. The van der Waals surface area contributed by atoms with E-state index < -0.39 is 5.41 Å². The molecule has 0 rings (SSSR count). The van der Waals surface area contributed by atoms with Crippen LogP contribution in [0.2, 0.25) is 0 Å². The molecule has 373 valence electrons. The van der Waals surface area contributed by atoms with E-state index in [0.717, 1.165) is 0 Å². The van der Waals surface area contributed by atoms with Crippen LogP contribution in [-0.4, -0.2) is 0 Å². The van der Waals surface area contributed by atoms with E-state index in [4.69, 9.17) is 0 Å². The van der Waals surface area contributed by atoms with Crippen LogP contribution >= 0.6 is 0 Å². The average molecular weight is 5320 g/mol. The standard InChI is InChI=1S/C5H8.8C2H6.2CH4.6CH3.55Y/c1-5(2,3)4;8*1-2;;;;;;;;;;;;;;;;;;;;;;;;;;;;;;;;;;;;;;;;;;;;;;;;;;;;;;;;;;;;;;;/h1-4H2;8*1-2H3;2*1H4;6*1H3;;;;;;;;;;;;;;;;;;;;;;;;;;;;;;;;;;;;;;;;;;;;;;;;;;;;;;;/q-4;;;;;;;;;;;6*-1;;;;;;;;;;;;;;;;;;;;;;;;;;;;;;;;;;;;;;;;;;;;;;;;;;;;;;;. The molecule has 0 aliphatic heterocycles. The van der Waals surface area contributed by atoms with Crippen LogP contribution in [-0.2, 0) is 1800 Å². The van der Waals surface area contributed by atoms with Crippen LogP contribution in [0, 0.1) is 77.7 Å². The minimum Gasteiger partial charge on any atom is -0.584 e. The zero-order valence-corrected chi connectivity index (χ0v) is 213. The Balaban J connectivity index is -0.000000000254. The van der Waals surface area contributed by atoms with Crippen molar-refractivity contribution in [3.05, 3.63) is 72.3 Å². The Morgan fingerprint density at radius 3 is 0.107 bits per heavy atom. The van der Waals surface area contributed by atoms with Crippen molar-refractivity contribution in [1.82, 2.24) is 0 Å². The molecule has 0 aromatic rings. The maximum atomic E-state index is 3.44. The molecule has 0 aliphatic carbocycles. The SMILES string of the molecule is C.C.CC.CC.CC.CC.CC.CC.CC.CC.[CH2-]C([CH2-])([CH2-])[CH2-].[CH3-].[CH3-].[CH3-].[CH3-].[CH3-].[CH3-].[Y].[Y].[Y].[Y].[Y].[Y].[Y].[Y].[Y].[Y].[Y].[Y].[Y].[Y].[Y].[Y].[Y].[Y].[Y].[Y].[Y].[Y].[Y].[Y].[Y].[Y].[Y].[Y].[Y].[Y].[Y].[Y].[Y].[Y].[Y].[Y].[Y].[Y].[Y].[Y].[Y].[Y].[Y].[Y].[Y].[Y].[Y].[Y].[Y].[Y].[Y].[Y].[Y].[Y].[Y]. The maximum absolute atomic E-state index is 3.44. The second kappa shape index (κ2) is 658. The summed E-state index contributed by atoms with van der Waals surface area (Å²) >= 11 is 0. The van der Waals surface area contributed by atoms with Gasteiger partial charge in [0.1, 0.15) is 0 Å². The van der Waals surface area contributed by atoms with Crippen molar-refractivity contribution < 1.29 is 1800 Å². The Bertz CT molecular complexity index is 93.6. The molecule has 0 aromatic heterocycles. The zero-order chi connectivity index (χ0) is 20.5. The molecular weight excluding hydrogens is 5240 g/mol. The van der Waals surface area contributed by atoms with Crippen molar-refractivity contribution in [2.45, 2.75) is 126 Å². The third-order valence-corrected chi connectivity index (χ3v) is 0. The summed E-state index contributed by atoms with van der Waals surface area (Å²) in [6, 6.07) is 0. The predicted octanol–water partition coefficient (Wildman–Crippen LogP) is 13.4. The third-order valence-electron chi connectivity index (χ3n) is 0. The molecule has 0 spiro atoms. The first-order chi connectivity index (χ1) is 10.0. The topological polar surface area (TPSA) is 0 Å². The summed E-state index contributed by atoms with van der Waals surface area (Å²) in [5.74, 6) is 0. The summed E-state index contributed by atoms with van der Waals surface area (Å²) in [4.78, 5) is 0. The van der Waals surface area contributed by atoms with Gasteiger partial charge >= 0.3 is 0 Å². The van der Waals surface area contributed by atoms with Crippen LogP contribution in [0.25, 0.3) is 0 Å². The fraction of sp³-hybridized carbons (Fsp3) is 0.655. The zero-order valence-electron chi connectivity index (χ0n) is 57.1. The Morgan fingerprint density at radius 2 is 0.107 bits per heavy atom. The van der Waals surface area contributed by atoms with Gasteiger partial charge in [-0.3, -0.25) is 0 Å². The van der Waals surface area contributed by atoms with Gasteiger partial charge in [-0.15, -0.1) is 0 Å². The minimum atomic E-state index is -0.500. The van der Waals surface area contributed by atoms with Crippen LogP contribution in [0.15, 0.2) is 0 Å². The van der Waals surface area contributed by atoms with Crippen molar-refractivity contribution in [3.63, 3.8) is 0 Å². The molecule has 0 aromatic carbocycles. The summed E-state index contributed by atoms with van der Waals surface area (Å²) in [6.45, 7) is 45.8. The molecule has 0 N–H and O–H groups in total. The second-order valence-electron chi connectivity index (χ2n) is 1.50. The van der Waals surface area contributed by atoms with E-state index in [9.17, 15) is 0 Å². The van der Waals surface area contributed by atoms with E-state index in [2.05, 4.69) is 27.7 Å². The van der Waals surface area contributed by atoms with E-state index in [1.165, 1.54) is 0 Å². The van der Waals surface area contributed by atoms with Gasteiger partial charge in [-0.05, 0) is 0 Å². The van der Waals surface area contributed by atoms with Gasteiger partial charge in [-0.1, -0.05) is 126 Å². The molecule has 0 nitrogen and oxygen atoms in total. The van der Waals surface area contributed by atoms with Crippen LogP contribution in [0.1, 0.15) is 126 Å². The maximum Gasteiger partial charge on any atom is 0 e. The number of hydrogen-bond donors (Lipinski definition) is 0. The fourth-order valence-corrected chi connectivity index (χ4v) is 0. The average Bonchev–Trinajstić information content (AvgIpc) is 2.60. The Morgan fingerprint density at radius 1 is 0.107 bits per heavy atom. The van der Waals surface area contributed by atoms with Crippen molar-refractivity contribution in [3.8, 4) is 0 Å². The first-order valence-corrected chi connectivity index (χ1v) is 9.41. The van der Waals surface area contributed by atoms with E-state index >= 15 is 0 Å². The second-order valence-corrected chi connectivity index (χ2v) is 1.50. The quantitative estimate of drug-likeness (QED) is 0.212. The molecule has 55 radical (unpaired) electrons. The number of rotatable bonds is 0. The monoisotopic (exact) mass is 5320 g/mol. The summed E-state index contributed by atoms with van der Waals surface area (Å²) < 4.78 is 0. The summed E-state index contributed by atoms with van der Waals surface area (Å²) in [7, 11) is 0.